The highest BCUT2D eigenvalue weighted by atomic mass is 35.5. The molecule has 0 saturated carbocycles. The number of nitrogens with zero attached hydrogens (tertiary/aromatic N) is 2. The Labute approximate surface area is 285 Å². The predicted octanol–water partition coefficient (Wildman–Crippen LogP) is 6.61. The van der Waals surface area contributed by atoms with Crippen LogP contribution in [0.25, 0.3) is 5.69 Å². The van der Waals surface area contributed by atoms with E-state index in [-0.39, 0.29) is 50.5 Å². The van der Waals surface area contributed by atoms with Crippen molar-refractivity contribution in [1.82, 2.24) is 9.78 Å². The van der Waals surface area contributed by atoms with Crippen LogP contribution in [0.3, 0.4) is 0 Å². The average molecular weight is 747 g/mol. The second-order valence-electron chi connectivity index (χ2n) is 11.0. The van der Waals surface area contributed by atoms with Crippen LogP contribution in [0.5, 0.6) is 11.5 Å². The lowest BCUT2D eigenvalue weighted by atomic mass is 9.97. The fourth-order valence-corrected chi connectivity index (χ4v) is 4.92. The molecule has 256 valence electrons. The summed E-state index contributed by atoms with van der Waals surface area (Å²) in [5.74, 6) is -2.06. The second-order valence-corrected chi connectivity index (χ2v) is 15.2. The lowest BCUT2D eigenvalue weighted by molar-refractivity contribution is -0.138. The predicted molar refractivity (Wildman–Crippen MR) is 177 cm³/mol. The number of hydrogen-bond donors (Lipinski definition) is 4. The molecule has 5 N–H and O–H groups in total. The lowest BCUT2D eigenvalue weighted by Crippen LogP contribution is -2.30. The summed E-state index contributed by atoms with van der Waals surface area (Å²) in [6.45, 7) is 10.6. The maximum Gasteiger partial charge on any atom is 0.442 e. The fourth-order valence-electron chi connectivity index (χ4n) is 3.19. The summed E-state index contributed by atoms with van der Waals surface area (Å²) in [6, 6.07) is 4.97. The van der Waals surface area contributed by atoms with E-state index in [0.717, 1.165) is 4.68 Å². The molecule has 46 heavy (non-hydrogen) atoms. The first-order chi connectivity index (χ1) is 21.0. The number of carboxylic acid groups (broad SMARTS) is 2. The SMILES string of the molecule is CC(C)Oc1cc(-n2nc(C(C)(C)C)oc2=O)c(Cl)cc1Cl.COc1c(Cl)ccc(Cl)c1C(=O)O.CP(=O)(O)CCC(N)C(=O)O. The minimum absolute atomic E-state index is 0.0412. The summed E-state index contributed by atoms with van der Waals surface area (Å²) >= 11 is 23.7. The molecule has 0 bridgehead atoms. The van der Waals surface area contributed by atoms with Gasteiger partial charge in [0.2, 0.25) is 5.89 Å². The molecule has 2 aromatic carbocycles. The van der Waals surface area contributed by atoms with E-state index >= 15 is 0 Å². The monoisotopic (exact) mass is 745 g/mol. The van der Waals surface area contributed by atoms with Crippen molar-refractivity contribution in [2.24, 2.45) is 5.73 Å². The Morgan fingerprint density at radius 3 is 2.04 bits per heavy atom. The lowest BCUT2D eigenvalue weighted by Gasteiger charge is -2.13. The molecule has 0 aliphatic carbocycles. The van der Waals surface area contributed by atoms with Crippen LogP contribution in [0.15, 0.2) is 33.5 Å². The van der Waals surface area contributed by atoms with Gasteiger partial charge in [0.1, 0.15) is 17.4 Å². The van der Waals surface area contributed by atoms with Crippen LogP contribution >= 0.6 is 53.8 Å². The number of aromatic carboxylic acids is 1. The van der Waals surface area contributed by atoms with Gasteiger partial charge in [-0.25, -0.2) is 9.59 Å². The van der Waals surface area contributed by atoms with Crippen molar-refractivity contribution in [3.05, 3.63) is 66.4 Å². The summed E-state index contributed by atoms with van der Waals surface area (Å²) < 4.78 is 27.4. The number of aromatic nitrogens is 2. The zero-order valence-electron chi connectivity index (χ0n) is 26.0. The van der Waals surface area contributed by atoms with Gasteiger partial charge in [0.15, 0.2) is 13.1 Å². The van der Waals surface area contributed by atoms with Gasteiger partial charge >= 0.3 is 17.7 Å². The number of benzene rings is 2. The van der Waals surface area contributed by atoms with E-state index < -0.39 is 31.1 Å². The summed E-state index contributed by atoms with van der Waals surface area (Å²) in [6.07, 6.45) is -0.0641. The minimum Gasteiger partial charge on any atom is -0.494 e. The van der Waals surface area contributed by atoms with Crippen molar-refractivity contribution in [3.8, 4) is 17.2 Å². The molecule has 0 aliphatic rings. The third-order valence-electron chi connectivity index (χ3n) is 5.43. The van der Waals surface area contributed by atoms with Crippen LogP contribution in [-0.4, -0.2) is 68.9 Å². The van der Waals surface area contributed by atoms with Crippen LogP contribution in [0.2, 0.25) is 20.1 Å². The topological polar surface area (TPSA) is 204 Å². The van der Waals surface area contributed by atoms with Crippen LogP contribution in [0.1, 0.15) is 57.3 Å². The van der Waals surface area contributed by atoms with Gasteiger partial charge in [-0.3, -0.25) is 9.36 Å². The van der Waals surface area contributed by atoms with Crippen LogP contribution in [0, 0.1) is 0 Å². The summed E-state index contributed by atoms with van der Waals surface area (Å²) in [5.41, 5.74) is 4.96. The summed E-state index contributed by atoms with van der Waals surface area (Å²) in [5, 5.41) is 22.3. The quantitative estimate of drug-likeness (QED) is 0.171. The Hall–Kier alpha value is -2.77. The molecule has 13 nitrogen and oxygen atoms in total. The van der Waals surface area contributed by atoms with Crippen molar-refractivity contribution >= 4 is 65.7 Å². The van der Waals surface area contributed by atoms with Gasteiger partial charge in [0, 0.05) is 24.3 Å². The van der Waals surface area contributed by atoms with E-state index in [4.69, 9.17) is 81.1 Å². The van der Waals surface area contributed by atoms with Crippen molar-refractivity contribution in [2.75, 3.05) is 19.9 Å². The van der Waals surface area contributed by atoms with E-state index in [0.29, 0.717) is 22.4 Å². The van der Waals surface area contributed by atoms with Gasteiger partial charge in [-0.2, -0.15) is 4.68 Å². The van der Waals surface area contributed by atoms with Crippen molar-refractivity contribution in [1.29, 1.82) is 0 Å². The molecule has 0 fully saturated rings. The molecule has 2 unspecified atom stereocenters. The Morgan fingerprint density at radius 1 is 1.07 bits per heavy atom. The molecule has 0 amide bonds. The molecule has 0 aliphatic heterocycles. The first-order valence-electron chi connectivity index (χ1n) is 13.3. The number of carbonyl (C=O) groups is 2. The number of rotatable bonds is 9. The fraction of sp³-hybridized carbons (Fsp3) is 0.429. The number of halogens is 4. The first-order valence-corrected chi connectivity index (χ1v) is 17.1. The van der Waals surface area contributed by atoms with Gasteiger partial charge < -0.3 is 34.7 Å². The van der Waals surface area contributed by atoms with Crippen molar-refractivity contribution < 1.29 is 43.2 Å². The number of ether oxygens (including phenoxy) is 2. The number of methoxy groups -OCH3 is 1. The Bertz CT molecular complexity index is 1630. The zero-order chi connectivity index (χ0) is 35.7. The third kappa shape index (κ3) is 12.8. The van der Waals surface area contributed by atoms with E-state index in [2.05, 4.69) is 5.10 Å². The van der Waals surface area contributed by atoms with E-state index in [1.807, 2.05) is 34.6 Å². The summed E-state index contributed by atoms with van der Waals surface area (Å²) in [7, 11) is -1.77. The van der Waals surface area contributed by atoms with Crippen molar-refractivity contribution in [2.45, 2.75) is 58.6 Å². The van der Waals surface area contributed by atoms with Crippen LogP contribution in [0.4, 0.5) is 0 Å². The zero-order valence-corrected chi connectivity index (χ0v) is 29.9. The molecule has 1 aromatic heterocycles. The molecule has 3 aromatic rings. The molecule has 2 atom stereocenters. The van der Waals surface area contributed by atoms with Gasteiger partial charge in [-0.05, 0) is 38.5 Å². The van der Waals surface area contributed by atoms with Gasteiger partial charge in [0.25, 0.3) is 0 Å². The number of aliphatic carboxylic acids is 1. The molecule has 18 heteroatoms. The average Bonchev–Trinajstić information content (AvgIpc) is 3.31. The molecule has 0 spiro atoms. The van der Waals surface area contributed by atoms with E-state index in [1.54, 1.807) is 6.07 Å². The maximum absolute atomic E-state index is 12.1. The molecular weight excluding hydrogens is 711 g/mol. The number of nitrogens with two attached hydrogens (primary N) is 1. The van der Waals surface area contributed by atoms with E-state index in [1.165, 1.54) is 32.0 Å². The highest BCUT2D eigenvalue weighted by Gasteiger charge is 2.24. The molecule has 0 saturated heterocycles. The molecule has 0 radical (unpaired) electrons. The highest BCUT2D eigenvalue weighted by Crippen LogP contribution is 2.36. The Balaban J connectivity index is 0.000000377. The minimum atomic E-state index is -3.10. The summed E-state index contributed by atoms with van der Waals surface area (Å²) in [4.78, 5) is 41.7. The maximum atomic E-state index is 12.1. The Kier molecular flexibility index (Phi) is 15.6. The Morgan fingerprint density at radius 2 is 1.63 bits per heavy atom. The first kappa shape index (κ1) is 41.3. The van der Waals surface area contributed by atoms with Crippen LogP contribution < -0.4 is 21.0 Å². The van der Waals surface area contributed by atoms with Crippen LogP contribution in [-0.2, 0) is 14.8 Å². The van der Waals surface area contributed by atoms with E-state index in [9.17, 15) is 18.9 Å². The molecule has 3 rings (SSSR count). The molecule has 1 heterocycles. The standard InChI is InChI=1S/C15H18Cl2N2O3.C8H6Cl2O3.C5H12NO4P/c1-8(2)21-12-7-11(9(16)6-10(12)17)19-14(20)22-13(18-19)15(3,4)5;1-13-7-5(10)3-2-4(9)6(7)8(11)12;1-11(9,10)3-2-4(6)5(7)8/h6-8H,1-5H3;2-3H,1H3,(H,11,12);4H,2-3,6H2,1H3,(H,7,8)(H,9,10). The van der Waals surface area contributed by atoms with Gasteiger partial charge in [-0.15, -0.1) is 5.10 Å². The number of hydrogen-bond acceptors (Lipinski definition) is 9. The normalized spacial score (nSPS) is 13.0. The smallest absolute Gasteiger partial charge is 0.442 e. The third-order valence-corrected chi connectivity index (χ3v) is 7.73. The molecular formula is C28H36Cl4N3O10P. The second kappa shape index (κ2) is 17.4. The largest absolute Gasteiger partial charge is 0.494 e. The van der Waals surface area contributed by atoms with Gasteiger partial charge in [-0.1, -0.05) is 67.2 Å². The number of carboxylic acids is 2. The van der Waals surface area contributed by atoms with Crippen molar-refractivity contribution in [3.63, 3.8) is 0 Å². The highest BCUT2D eigenvalue weighted by molar-refractivity contribution is 7.57. The van der Waals surface area contributed by atoms with Gasteiger partial charge in [0.05, 0.1) is 39.0 Å².